The summed E-state index contributed by atoms with van der Waals surface area (Å²) in [4.78, 5) is 3.80. The highest BCUT2D eigenvalue weighted by molar-refractivity contribution is 5.32. The highest BCUT2D eigenvalue weighted by Crippen LogP contribution is 2.19. The van der Waals surface area contributed by atoms with Gasteiger partial charge in [0.25, 0.3) is 0 Å². The molecule has 2 N–H and O–H groups in total. The van der Waals surface area contributed by atoms with Crippen LogP contribution in [0.25, 0.3) is 0 Å². The number of aliphatic hydroxyl groups is 2. The summed E-state index contributed by atoms with van der Waals surface area (Å²) in [7, 11) is 7.60. The molecule has 0 aliphatic carbocycles. The van der Waals surface area contributed by atoms with Gasteiger partial charge in [-0.05, 0) is 40.3 Å². The summed E-state index contributed by atoms with van der Waals surface area (Å²) in [6.07, 6.45) is -1.08. The first kappa shape index (κ1) is 21.9. The Morgan fingerprint density at radius 1 is 0.870 bits per heavy atom. The molecule has 7 heteroatoms. The van der Waals surface area contributed by atoms with Crippen molar-refractivity contribution in [1.82, 2.24) is 9.80 Å². The molecule has 0 heterocycles. The van der Waals surface area contributed by atoms with Gasteiger partial charge < -0.3 is 41.9 Å². The maximum Gasteiger partial charge on any atom is 0.123 e. The van der Waals surface area contributed by atoms with Gasteiger partial charge in [0.15, 0.2) is 0 Å². The van der Waals surface area contributed by atoms with Gasteiger partial charge in [-0.1, -0.05) is 6.07 Å². The monoisotopic (exact) mass is 347 g/mol. The minimum absolute atomic E-state index is 0. The molecule has 134 valence electrons. The van der Waals surface area contributed by atoms with Crippen LogP contribution in [-0.2, 0) is 0 Å². The first-order chi connectivity index (χ1) is 10.4. The molecule has 0 fully saturated rings. The van der Waals surface area contributed by atoms with E-state index in [1.165, 1.54) is 0 Å². The molecule has 23 heavy (non-hydrogen) atoms. The zero-order valence-corrected chi connectivity index (χ0v) is 15.0. The maximum atomic E-state index is 9.77. The van der Waals surface area contributed by atoms with Crippen LogP contribution in [0.1, 0.15) is 0 Å². The quantitative estimate of drug-likeness (QED) is 0.480. The van der Waals surface area contributed by atoms with Crippen molar-refractivity contribution in [3.05, 3.63) is 24.3 Å². The van der Waals surface area contributed by atoms with E-state index in [1.54, 1.807) is 6.07 Å². The van der Waals surface area contributed by atoms with Crippen molar-refractivity contribution < 1.29 is 32.1 Å². The van der Waals surface area contributed by atoms with Gasteiger partial charge in [-0.2, -0.15) is 0 Å². The topological polar surface area (TPSA) is 65.4 Å². The molecule has 0 bridgehead atoms. The van der Waals surface area contributed by atoms with Gasteiger partial charge >= 0.3 is 0 Å². The van der Waals surface area contributed by atoms with Crippen molar-refractivity contribution in [1.29, 1.82) is 0 Å². The zero-order valence-electron chi connectivity index (χ0n) is 14.3. The van der Waals surface area contributed by atoms with Crippen molar-refractivity contribution in [3.63, 3.8) is 0 Å². The van der Waals surface area contributed by atoms with E-state index >= 15 is 0 Å². The maximum absolute atomic E-state index is 9.77. The fourth-order valence-electron chi connectivity index (χ4n) is 1.99. The van der Waals surface area contributed by atoms with E-state index in [0.717, 1.165) is 0 Å². The first-order valence-electron chi connectivity index (χ1n) is 7.38. The van der Waals surface area contributed by atoms with Crippen LogP contribution in [0.15, 0.2) is 24.3 Å². The van der Waals surface area contributed by atoms with Crippen molar-refractivity contribution in [2.24, 2.45) is 0 Å². The highest BCUT2D eigenvalue weighted by atomic mass is 35.5. The van der Waals surface area contributed by atoms with Gasteiger partial charge in [0.05, 0.1) is 0 Å². The van der Waals surface area contributed by atoms with Crippen molar-refractivity contribution in [3.8, 4) is 11.5 Å². The van der Waals surface area contributed by atoms with Gasteiger partial charge in [0, 0.05) is 19.2 Å². The fraction of sp³-hybridized carbons (Fsp3) is 0.625. The lowest BCUT2D eigenvalue weighted by Gasteiger charge is -2.18. The molecular formula is C16H28ClN2O4-. The zero-order chi connectivity index (χ0) is 16.5. The van der Waals surface area contributed by atoms with Gasteiger partial charge in [0.1, 0.15) is 36.9 Å². The average molecular weight is 348 g/mol. The molecule has 1 aromatic carbocycles. The summed E-state index contributed by atoms with van der Waals surface area (Å²) in [6.45, 7) is 1.55. The Hall–Kier alpha value is -1.05. The number of ether oxygens (including phenoxy) is 2. The number of benzene rings is 1. The smallest absolute Gasteiger partial charge is 0.123 e. The minimum Gasteiger partial charge on any atom is -1.00 e. The van der Waals surface area contributed by atoms with Crippen LogP contribution < -0.4 is 21.9 Å². The lowest BCUT2D eigenvalue weighted by atomic mass is 10.3. The Morgan fingerprint density at radius 3 is 1.61 bits per heavy atom. The van der Waals surface area contributed by atoms with Crippen LogP contribution in [0.4, 0.5) is 0 Å². The molecule has 1 aromatic rings. The molecule has 0 aliphatic rings. The van der Waals surface area contributed by atoms with E-state index in [4.69, 9.17) is 9.47 Å². The molecule has 0 amide bonds. The Bertz CT molecular complexity index is 397. The van der Waals surface area contributed by atoms with Crippen LogP contribution in [-0.4, -0.2) is 86.7 Å². The molecule has 0 saturated heterocycles. The van der Waals surface area contributed by atoms with Gasteiger partial charge in [0.2, 0.25) is 0 Å². The van der Waals surface area contributed by atoms with E-state index in [-0.39, 0.29) is 25.6 Å². The van der Waals surface area contributed by atoms with Crippen LogP contribution in [0.2, 0.25) is 0 Å². The standard InChI is InChI=1S/C16H28N2O4.ClH/c1-17(2)9-13(19)11-21-15-6-5-7-16(8-15)22-12-14(20)10-18(3)4;/h5-8,13-14,19-20H,9-12H2,1-4H3;1H/p-1. The number of rotatable bonds is 10. The number of aliphatic hydroxyl groups excluding tert-OH is 2. The summed E-state index contributed by atoms with van der Waals surface area (Å²) in [5, 5.41) is 19.5. The molecule has 1 rings (SSSR count). The van der Waals surface area contributed by atoms with Crippen molar-refractivity contribution >= 4 is 0 Å². The number of hydrogen-bond acceptors (Lipinski definition) is 6. The summed E-state index contributed by atoms with van der Waals surface area (Å²) in [5.74, 6) is 1.27. The Labute approximate surface area is 145 Å². The Kier molecular flexibility index (Phi) is 11.0. The molecule has 2 unspecified atom stereocenters. The molecule has 0 aliphatic heterocycles. The predicted octanol–water partition coefficient (Wildman–Crippen LogP) is -2.71. The van der Waals surface area contributed by atoms with Crippen LogP contribution in [0, 0.1) is 0 Å². The second kappa shape index (κ2) is 11.5. The third-order valence-electron chi connectivity index (χ3n) is 2.84. The lowest BCUT2D eigenvalue weighted by Crippen LogP contribution is -3.00. The molecule has 6 nitrogen and oxygen atoms in total. The number of halogens is 1. The number of nitrogens with zero attached hydrogens (tertiary/aromatic N) is 2. The van der Waals surface area contributed by atoms with Crippen LogP contribution in [0.3, 0.4) is 0 Å². The molecule has 0 radical (unpaired) electrons. The number of likely N-dealkylation sites (N-methyl/N-ethyl adjacent to an activating group) is 2. The van der Waals surface area contributed by atoms with E-state index < -0.39 is 12.2 Å². The van der Waals surface area contributed by atoms with Gasteiger partial charge in [-0.25, -0.2) is 0 Å². The fourth-order valence-corrected chi connectivity index (χ4v) is 1.99. The predicted molar refractivity (Wildman–Crippen MR) is 86.6 cm³/mol. The first-order valence-corrected chi connectivity index (χ1v) is 7.38. The van der Waals surface area contributed by atoms with E-state index in [2.05, 4.69) is 0 Å². The Balaban J connectivity index is 0.00000484. The summed E-state index contributed by atoms with van der Waals surface area (Å²) < 4.78 is 11.1. The molecular weight excluding hydrogens is 320 g/mol. The molecule has 0 spiro atoms. The van der Waals surface area contributed by atoms with Crippen LogP contribution in [0.5, 0.6) is 11.5 Å². The summed E-state index contributed by atoms with van der Waals surface area (Å²) in [5.41, 5.74) is 0. The second-order valence-corrected chi connectivity index (χ2v) is 5.93. The SMILES string of the molecule is CN(C)CC(O)COc1cccc(OCC(O)CN(C)C)c1.[Cl-]. The summed E-state index contributed by atoms with van der Waals surface area (Å²) >= 11 is 0. The average Bonchev–Trinajstić information content (AvgIpc) is 2.42. The van der Waals surface area contributed by atoms with E-state index in [9.17, 15) is 10.2 Å². The highest BCUT2D eigenvalue weighted by Gasteiger charge is 2.09. The molecule has 2 atom stereocenters. The molecule has 0 aromatic heterocycles. The van der Waals surface area contributed by atoms with Crippen LogP contribution >= 0.6 is 0 Å². The normalized spacial score (nSPS) is 13.6. The largest absolute Gasteiger partial charge is 1.00 e. The third-order valence-corrected chi connectivity index (χ3v) is 2.84. The molecule has 0 saturated carbocycles. The van der Waals surface area contributed by atoms with Crippen molar-refractivity contribution in [2.75, 3.05) is 54.5 Å². The lowest BCUT2D eigenvalue weighted by molar-refractivity contribution is -0.00000965. The van der Waals surface area contributed by atoms with Crippen molar-refractivity contribution in [2.45, 2.75) is 12.2 Å². The Morgan fingerprint density at radius 2 is 1.26 bits per heavy atom. The number of hydrogen-bond donors (Lipinski definition) is 2. The summed E-state index contributed by atoms with van der Waals surface area (Å²) in [6, 6.07) is 7.20. The minimum atomic E-state index is -0.540. The second-order valence-electron chi connectivity index (χ2n) is 5.93. The van der Waals surface area contributed by atoms with E-state index in [1.807, 2.05) is 56.2 Å². The van der Waals surface area contributed by atoms with Gasteiger partial charge in [-0.15, -0.1) is 0 Å². The van der Waals surface area contributed by atoms with E-state index in [0.29, 0.717) is 24.6 Å². The third kappa shape index (κ3) is 10.4. The van der Waals surface area contributed by atoms with Gasteiger partial charge in [-0.3, -0.25) is 0 Å².